The monoisotopic (exact) mass is 278 g/mol. The molecule has 0 atom stereocenters. The summed E-state index contributed by atoms with van der Waals surface area (Å²) in [5.74, 6) is 1.04. The van der Waals surface area contributed by atoms with Gasteiger partial charge in [-0.05, 0) is 51.2 Å². The smallest absolute Gasteiger partial charge is 0.122 e. The standard InChI is InChI=1S/C18H31NO/c1-5-11-19(12-6-2)13-7-8-14-20-18-10-9-16(3)15-17(18)4/h9-10,15H,5-8,11-14H2,1-4H3/p+1. The fraction of sp³-hybridized carbons (Fsp3) is 0.667. The molecular weight excluding hydrogens is 246 g/mol. The van der Waals surface area contributed by atoms with Gasteiger partial charge in [0.05, 0.1) is 26.2 Å². The Morgan fingerprint density at radius 2 is 1.65 bits per heavy atom. The van der Waals surface area contributed by atoms with Crippen LogP contribution in [-0.2, 0) is 0 Å². The predicted molar refractivity (Wildman–Crippen MR) is 86.8 cm³/mol. The van der Waals surface area contributed by atoms with E-state index >= 15 is 0 Å². The molecule has 0 saturated heterocycles. The molecule has 114 valence electrons. The molecule has 2 heteroatoms. The van der Waals surface area contributed by atoms with E-state index in [-0.39, 0.29) is 0 Å². The zero-order chi connectivity index (χ0) is 14.8. The molecule has 0 aromatic heterocycles. The highest BCUT2D eigenvalue weighted by Gasteiger charge is 2.05. The molecule has 0 saturated carbocycles. The first-order valence-electron chi connectivity index (χ1n) is 8.21. The Hall–Kier alpha value is -1.02. The molecule has 0 spiro atoms. The topological polar surface area (TPSA) is 13.7 Å². The third-order valence-electron chi connectivity index (χ3n) is 3.72. The van der Waals surface area contributed by atoms with Gasteiger partial charge in [0.15, 0.2) is 0 Å². The number of benzene rings is 1. The number of nitrogens with one attached hydrogen (secondary N) is 1. The molecule has 0 aliphatic heterocycles. The third-order valence-corrected chi connectivity index (χ3v) is 3.72. The molecule has 0 radical (unpaired) electrons. The fourth-order valence-corrected chi connectivity index (χ4v) is 2.70. The maximum atomic E-state index is 5.88. The van der Waals surface area contributed by atoms with Crippen LogP contribution in [0, 0.1) is 13.8 Å². The van der Waals surface area contributed by atoms with Crippen LogP contribution in [0.15, 0.2) is 18.2 Å². The highest BCUT2D eigenvalue weighted by Crippen LogP contribution is 2.18. The molecule has 2 nitrogen and oxygen atoms in total. The van der Waals surface area contributed by atoms with Crippen LogP contribution in [0.1, 0.15) is 50.7 Å². The van der Waals surface area contributed by atoms with Crippen LogP contribution in [0.2, 0.25) is 0 Å². The zero-order valence-corrected chi connectivity index (χ0v) is 13.8. The van der Waals surface area contributed by atoms with Gasteiger partial charge in [0.25, 0.3) is 0 Å². The third kappa shape index (κ3) is 6.42. The Kier molecular flexibility index (Phi) is 8.36. The van der Waals surface area contributed by atoms with Crippen LogP contribution < -0.4 is 9.64 Å². The van der Waals surface area contributed by atoms with E-state index in [2.05, 4.69) is 45.9 Å². The highest BCUT2D eigenvalue weighted by atomic mass is 16.5. The Balaban J connectivity index is 2.20. The zero-order valence-electron chi connectivity index (χ0n) is 13.8. The lowest BCUT2D eigenvalue weighted by Gasteiger charge is -2.18. The second-order valence-corrected chi connectivity index (χ2v) is 5.82. The minimum atomic E-state index is 0.843. The Morgan fingerprint density at radius 3 is 2.25 bits per heavy atom. The van der Waals surface area contributed by atoms with Gasteiger partial charge in [0, 0.05) is 0 Å². The lowest BCUT2D eigenvalue weighted by molar-refractivity contribution is -0.900. The summed E-state index contributed by atoms with van der Waals surface area (Å²) in [7, 11) is 0. The SMILES string of the molecule is CCC[NH+](CCC)CCCCOc1ccc(C)cc1C. The maximum absolute atomic E-state index is 5.88. The van der Waals surface area contributed by atoms with Crippen molar-refractivity contribution in [2.45, 2.75) is 53.4 Å². The van der Waals surface area contributed by atoms with Crippen molar-refractivity contribution in [2.24, 2.45) is 0 Å². The molecule has 0 unspecified atom stereocenters. The van der Waals surface area contributed by atoms with E-state index in [9.17, 15) is 0 Å². The lowest BCUT2D eigenvalue weighted by atomic mass is 10.1. The molecule has 1 rings (SSSR count). The van der Waals surface area contributed by atoms with Crippen molar-refractivity contribution in [3.05, 3.63) is 29.3 Å². The highest BCUT2D eigenvalue weighted by molar-refractivity contribution is 5.35. The molecule has 0 fully saturated rings. The average Bonchev–Trinajstić information content (AvgIpc) is 2.41. The summed E-state index contributed by atoms with van der Waals surface area (Å²) in [6.45, 7) is 13.6. The Morgan fingerprint density at radius 1 is 0.950 bits per heavy atom. The van der Waals surface area contributed by atoms with Gasteiger partial charge in [-0.1, -0.05) is 31.5 Å². The summed E-state index contributed by atoms with van der Waals surface area (Å²) in [4.78, 5) is 1.75. The van der Waals surface area contributed by atoms with Crippen molar-refractivity contribution in [3.63, 3.8) is 0 Å². The minimum absolute atomic E-state index is 0.843. The first-order valence-corrected chi connectivity index (χ1v) is 8.21. The summed E-state index contributed by atoms with van der Waals surface area (Å²) >= 11 is 0. The van der Waals surface area contributed by atoms with Crippen molar-refractivity contribution >= 4 is 0 Å². The van der Waals surface area contributed by atoms with Gasteiger partial charge in [0.1, 0.15) is 5.75 Å². The van der Waals surface area contributed by atoms with Crippen LogP contribution in [0.25, 0.3) is 0 Å². The van der Waals surface area contributed by atoms with Crippen molar-refractivity contribution in [3.8, 4) is 5.75 Å². The number of hydrogen-bond donors (Lipinski definition) is 1. The quantitative estimate of drug-likeness (QED) is 0.649. The van der Waals surface area contributed by atoms with Gasteiger partial charge in [-0.25, -0.2) is 0 Å². The van der Waals surface area contributed by atoms with Crippen LogP contribution in [-0.4, -0.2) is 26.2 Å². The first-order chi connectivity index (χ1) is 9.67. The summed E-state index contributed by atoms with van der Waals surface area (Å²) in [5.41, 5.74) is 2.54. The number of quaternary nitrogens is 1. The molecule has 0 aliphatic rings. The van der Waals surface area contributed by atoms with Crippen molar-refractivity contribution in [1.82, 2.24) is 0 Å². The van der Waals surface area contributed by atoms with Crippen molar-refractivity contribution < 1.29 is 9.64 Å². The number of hydrogen-bond acceptors (Lipinski definition) is 1. The van der Waals surface area contributed by atoms with Crippen molar-refractivity contribution in [1.29, 1.82) is 0 Å². The second-order valence-electron chi connectivity index (χ2n) is 5.82. The summed E-state index contributed by atoms with van der Waals surface area (Å²) in [6.07, 6.45) is 4.99. The van der Waals surface area contributed by atoms with E-state index < -0.39 is 0 Å². The van der Waals surface area contributed by atoms with E-state index in [4.69, 9.17) is 4.74 Å². The van der Waals surface area contributed by atoms with E-state index in [0.29, 0.717) is 0 Å². The number of rotatable bonds is 10. The van der Waals surface area contributed by atoms with Crippen LogP contribution in [0.3, 0.4) is 0 Å². The second kappa shape index (κ2) is 9.82. The fourth-order valence-electron chi connectivity index (χ4n) is 2.70. The summed E-state index contributed by atoms with van der Waals surface area (Å²) in [5, 5.41) is 0. The molecular formula is C18H32NO+. The average molecular weight is 278 g/mol. The summed E-state index contributed by atoms with van der Waals surface area (Å²) in [6, 6.07) is 6.40. The van der Waals surface area contributed by atoms with Gasteiger partial charge in [-0.15, -0.1) is 0 Å². The van der Waals surface area contributed by atoms with Gasteiger partial charge in [-0.2, -0.15) is 0 Å². The van der Waals surface area contributed by atoms with Crippen LogP contribution >= 0.6 is 0 Å². The van der Waals surface area contributed by atoms with E-state index in [1.54, 1.807) is 4.90 Å². The van der Waals surface area contributed by atoms with Crippen LogP contribution in [0.4, 0.5) is 0 Å². The van der Waals surface area contributed by atoms with Gasteiger partial charge in [-0.3, -0.25) is 0 Å². The number of aryl methyl sites for hydroxylation is 2. The molecule has 0 heterocycles. The molecule has 0 bridgehead atoms. The molecule has 1 N–H and O–H groups in total. The normalized spacial score (nSPS) is 11.1. The van der Waals surface area contributed by atoms with E-state index in [0.717, 1.165) is 18.8 Å². The molecule has 1 aromatic carbocycles. The lowest BCUT2D eigenvalue weighted by Crippen LogP contribution is -3.12. The Bertz CT molecular complexity index is 370. The molecule has 1 aromatic rings. The largest absolute Gasteiger partial charge is 0.493 e. The maximum Gasteiger partial charge on any atom is 0.122 e. The van der Waals surface area contributed by atoms with Gasteiger partial charge < -0.3 is 9.64 Å². The molecule has 20 heavy (non-hydrogen) atoms. The number of unbranched alkanes of at least 4 members (excludes halogenated alkanes) is 1. The first kappa shape index (κ1) is 17.0. The van der Waals surface area contributed by atoms with Crippen LogP contribution in [0.5, 0.6) is 5.75 Å². The molecule has 0 amide bonds. The van der Waals surface area contributed by atoms with Gasteiger partial charge >= 0.3 is 0 Å². The summed E-state index contributed by atoms with van der Waals surface area (Å²) < 4.78 is 5.88. The minimum Gasteiger partial charge on any atom is -0.493 e. The molecule has 0 aliphatic carbocycles. The van der Waals surface area contributed by atoms with Gasteiger partial charge in [0.2, 0.25) is 0 Å². The predicted octanol–water partition coefficient (Wildman–Crippen LogP) is 3.17. The van der Waals surface area contributed by atoms with E-state index in [1.165, 1.54) is 50.0 Å². The number of ether oxygens (including phenoxy) is 1. The van der Waals surface area contributed by atoms with Crippen molar-refractivity contribution in [2.75, 3.05) is 26.2 Å². The van der Waals surface area contributed by atoms with E-state index in [1.807, 2.05) is 0 Å². The Labute approximate surface area is 125 Å².